The Morgan fingerprint density at radius 2 is 2.35 bits per heavy atom. The molecule has 0 aliphatic carbocycles. The van der Waals surface area contributed by atoms with Crippen molar-refractivity contribution in [3.05, 3.63) is 22.4 Å². The molecule has 0 saturated heterocycles. The molecule has 0 saturated carbocycles. The molecule has 2 rings (SSSR count). The van der Waals surface area contributed by atoms with Crippen molar-refractivity contribution in [2.24, 2.45) is 0 Å². The first-order valence-corrected chi connectivity index (χ1v) is 6.93. The third-order valence-electron chi connectivity index (χ3n) is 2.32. The minimum absolute atomic E-state index is 0.0919. The van der Waals surface area contributed by atoms with E-state index >= 15 is 0 Å². The molecule has 0 amide bonds. The molecular weight excluding hydrogens is 284 g/mol. The highest BCUT2D eigenvalue weighted by Crippen LogP contribution is 2.24. The monoisotopic (exact) mass is 298 g/mol. The van der Waals surface area contributed by atoms with Gasteiger partial charge in [0.15, 0.2) is 5.69 Å². The van der Waals surface area contributed by atoms with Crippen LogP contribution < -0.4 is 5.69 Å². The quantitative estimate of drug-likeness (QED) is 0.801. The summed E-state index contributed by atoms with van der Waals surface area (Å²) in [6, 6.07) is 0. The maximum atomic E-state index is 11.5. The van der Waals surface area contributed by atoms with Crippen LogP contribution in [0.25, 0.3) is 0 Å². The molecule has 8 nitrogen and oxygen atoms in total. The predicted octanol–water partition coefficient (Wildman–Crippen LogP) is 1.30. The molecular formula is C11H14N4O4S. The Hall–Kier alpha value is -2.03. The van der Waals surface area contributed by atoms with Gasteiger partial charge < -0.3 is 9.15 Å². The fraction of sp³-hybridized carbons (Fsp3) is 0.455. The van der Waals surface area contributed by atoms with Gasteiger partial charge in [-0.15, -0.1) is 5.10 Å². The van der Waals surface area contributed by atoms with Crippen LogP contribution in [0.2, 0.25) is 0 Å². The summed E-state index contributed by atoms with van der Waals surface area (Å²) >= 11 is 1.07. The molecule has 0 aliphatic rings. The molecule has 0 fully saturated rings. The highest BCUT2D eigenvalue weighted by molar-refractivity contribution is 7.98. The highest BCUT2D eigenvalue weighted by Gasteiger charge is 2.17. The Balaban J connectivity index is 2.15. The Kier molecular flexibility index (Phi) is 4.61. The van der Waals surface area contributed by atoms with Gasteiger partial charge in [-0.2, -0.15) is 4.98 Å². The number of aromatic amines is 1. The molecule has 0 aliphatic heterocycles. The van der Waals surface area contributed by atoms with Gasteiger partial charge in [-0.3, -0.25) is 4.57 Å². The first-order chi connectivity index (χ1) is 9.65. The largest absolute Gasteiger partial charge is 0.461 e. The van der Waals surface area contributed by atoms with E-state index in [1.807, 2.05) is 6.92 Å². The number of carbonyl (C=O) groups excluding carboxylic acids is 1. The molecule has 2 aromatic heterocycles. The third-order valence-corrected chi connectivity index (χ3v) is 3.17. The molecule has 108 valence electrons. The van der Waals surface area contributed by atoms with Crippen molar-refractivity contribution in [2.45, 2.75) is 37.2 Å². The molecule has 0 aromatic carbocycles. The summed E-state index contributed by atoms with van der Waals surface area (Å²) in [5.74, 6) is -0.545. The second-order valence-corrected chi connectivity index (χ2v) is 4.70. The number of rotatable bonds is 6. The number of carbonyl (C=O) groups is 1. The number of esters is 1. The van der Waals surface area contributed by atoms with Crippen molar-refractivity contribution in [3.8, 4) is 0 Å². The second-order valence-electron chi connectivity index (χ2n) is 3.78. The van der Waals surface area contributed by atoms with E-state index in [2.05, 4.69) is 15.2 Å². The van der Waals surface area contributed by atoms with Gasteiger partial charge >= 0.3 is 11.7 Å². The maximum Gasteiger partial charge on any atom is 0.360 e. The van der Waals surface area contributed by atoms with Gasteiger partial charge in [0.05, 0.1) is 6.61 Å². The van der Waals surface area contributed by atoms with Crippen molar-refractivity contribution < 1.29 is 13.9 Å². The van der Waals surface area contributed by atoms with Gasteiger partial charge in [0, 0.05) is 18.3 Å². The number of nitrogens with zero attached hydrogens (tertiary/aromatic N) is 3. The van der Waals surface area contributed by atoms with Crippen LogP contribution in [0.3, 0.4) is 0 Å². The number of oxazole rings is 1. The van der Waals surface area contributed by atoms with Crippen LogP contribution in [-0.4, -0.2) is 32.3 Å². The van der Waals surface area contributed by atoms with E-state index in [1.165, 1.54) is 10.8 Å². The molecule has 9 heteroatoms. The lowest BCUT2D eigenvalue weighted by Crippen LogP contribution is -2.17. The molecule has 0 radical (unpaired) electrons. The molecule has 20 heavy (non-hydrogen) atoms. The first-order valence-electron chi connectivity index (χ1n) is 6.11. The van der Waals surface area contributed by atoms with E-state index in [1.54, 1.807) is 6.92 Å². The fourth-order valence-corrected chi connectivity index (χ4v) is 2.26. The van der Waals surface area contributed by atoms with Crippen molar-refractivity contribution in [1.29, 1.82) is 0 Å². The average Bonchev–Trinajstić information content (AvgIpc) is 3.01. The van der Waals surface area contributed by atoms with Gasteiger partial charge in [0.1, 0.15) is 6.26 Å². The Bertz CT molecular complexity index is 645. The topological polar surface area (TPSA) is 103 Å². The maximum absolute atomic E-state index is 11.5. The lowest BCUT2D eigenvalue weighted by atomic mass is 10.5. The number of hydrogen-bond donors (Lipinski definition) is 1. The van der Waals surface area contributed by atoms with Crippen LogP contribution in [-0.2, 0) is 11.3 Å². The summed E-state index contributed by atoms with van der Waals surface area (Å²) in [5.41, 5.74) is -0.194. The summed E-state index contributed by atoms with van der Waals surface area (Å²) < 4.78 is 11.5. The first kappa shape index (κ1) is 14.4. The van der Waals surface area contributed by atoms with Crippen LogP contribution >= 0.6 is 11.8 Å². The minimum atomic E-state index is -0.545. The lowest BCUT2D eigenvalue weighted by molar-refractivity contribution is 0.0519. The van der Waals surface area contributed by atoms with Crippen molar-refractivity contribution in [3.63, 3.8) is 0 Å². The number of aromatic nitrogens is 4. The summed E-state index contributed by atoms with van der Waals surface area (Å²) in [5, 5.41) is 6.93. The average molecular weight is 298 g/mol. The summed E-state index contributed by atoms with van der Waals surface area (Å²) in [6.07, 6.45) is 2.02. The number of nitrogens with one attached hydrogen (secondary N) is 1. The Labute approximate surface area is 118 Å². The van der Waals surface area contributed by atoms with E-state index in [0.717, 1.165) is 18.2 Å². The molecule has 0 bridgehead atoms. The molecule has 1 N–H and O–H groups in total. The summed E-state index contributed by atoms with van der Waals surface area (Å²) in [6.45, 7) is 4.48. The van der Waals surface area contributed by atoms with Crippen molar-refractivity contribution >= 4 is 17.7 Å². The van der Waals surface area contributed by atoms with Crippen molar-refractivity contribution in [2.75, 3.05) is 6.61 Å². The van der Waals surface area contributed by atoms with Crippen LogP contribution in [0, 0.1) is 0 Å². The smallest absolute Gasteiger partial charge is 0.360 e. The lowest BCUT2D eigenvalue weighted by Gasteiger charge is -2.00. The Morgan fingerprint density at radius 1 is 1.55 bits per heavy atom. The van der Waals surface area contributed by atoms with E-state index in [0.29, 0.717) is 11.7 Å². The highest BCUT2D eigenvalue weighted by atomic mass is 32.2. The second kappa shape index (κ2) is 6.42. The fourth-order valence-electron chi connectivity index (χ4n) is 1.48. The molecule has 0 unspecified atom stereocenters. The number of hydrogen-bond acceptors (Lipinski definition) is 7. The summed E-state index contributed by atoms with van der Waals surface area (Å²) in [4.78, 5) is 27.0. The van der Waals surface area contributed by atoms with Crippen LogP contribution in [0.1, 0.15) is 30.8 Å². The van der Waals surface area contributed by atoms with Gasteiger partial charge in [-0.05, 0) is 13.3 Å². The predicted molar refractivity (Wildman–Crippen MR) is 69.7 cm³/mol. The van der Waals surface area contributed by atoms with E-state index in [9.17, 15) is 9.59 Å². The Morgan fingerprint density at radius 3 is 3.05 bits per heavy atom. The van der Waals surface area contributed by atoms with Crippen LogP contribution in [0.5, 0.6) is 0 Å². The third kappa shape index (κ3) is 3.10. The minimum Gasteiger partial charge on any atom is -0.461 e. The molecule has 2 heterocycles. The standard InChI is InChI=1S/C11H14N4O4S/c1-3-5-15-9(17)13-14-10(15)20-11-12-7(6-19-11)8(16)18-4-2/h6H,3-5H2,1-2H3,(H,13,17). The van der Waals surface area contributed by atoms with Crippen LogP contribution in [0.4, 0.5) is 0 Å². The summed E-state index contributed by atoms with van der Waals surface area (Å²) in [7, 11) is 0. The number of H-pyrrole nitrogens is 1. The molecule has 2 aromatic rings. The van der Waals surface area contributed by atoms with Crippen LogP contribution in [0.15, 0.2) is 25.9 Å². The number of ether oxygens (including phenoxy) is 1. The van der Waals surface area contributed by atoms with Gasteiger partial charge in [0.2, 0.25) is 5.16 Å². The van der Waals surface area contributed by atoms with Gasteiger partial charge in [0.25, 0.3) is 5.22 Å². The van der Waals surface area contributed by atoms with Gasteiger partial charge in [-0.1, -0.05) is 6.92 Å². The SMILES string of the molecule is CCCn1c(Sc2nc(C(=O)OCC)co2)n[nH]c1=O. The zero-order chi connectivity index (χ0) is 14.5. The zero-order valence-corrected chi connectivity index (χ0v) is 11.9. The normalized spacial score (nSPS) is 10.7. The molecule has 0 spiro atoms. The molecule has 0 atom stereocenters. The van der Waals surface area contributed by atoms with E-state index < -0.39 is 5.97 Å². The van der Waals surface area contributed by atoms with E-state index in [4.69, 9.17) is 9.15 Å². The zero-order valence-electron chi connectivity index (χ0n) is 11.1. The van der Waals surface area contributed by atoms with Gasteiger partial charge in [-0.25, -0.2) is 14.7 Å². The van der Waals surface area contributed by atoms with Crippen molar-refractivity contribution in [1.82, 2.24) is 19.7 Å². The van der Waals surface area contributed by atoms with E-state index in [-0.39, 0.29) is 23.2 Å².